The van der Waals surface area contributed by atoms with Crippen LogP contribution in [0.2, 0.25) is 0 Å². The van der Waals surface area contributed by atoms with Gasteiger partial charge in [-0.15, -0.1) is 0 Å². The van der Waals surface area contributed by atoms with Gasteiger partial charge >= 0.3 is 24.1 Å². The number of benzene rings is 3. The van der Waals surface area contributed by atoms with Crippen molar-refractivity contribution < 1.29 is 47.3 Å². The Morgan fingerprint density at radius 1 is 0.588 bits per heavy atom. The summed E-state index contributed by atoms with van der Waals surface area (Å²) >= 11 is 0. The summed E-state index contributed by atoms with van der Waals surface area (Å²) in [5, 5.41) is 0. The second-order valence-electron chi connectivity index (χ2n) is 22.7. The minimum atomic E-state index is -0.680. The van der Waals surface area contributed by atoms with Crippen LogP contribution in [0.25, 0.3) is 0 Å². The predicted octanol–water partition coefficient (Wildman–Crippen LogP) is 10.6. The molecule has 68 heavy (non-hydrogen) atoms. The molecule has 0 saturated carbocycles. The van der Waals surface area contributed by atoms with Gasteiger partial charge in [0, 0.05) is 51.9 Å². The lowest BCUT2D eigenvalue weighted by molar-refractivity contribution is -0.163. The molecule has 12 nitrogen and oxygen atoms in total. The van der Waals surface area contributed by atoms with Crippen LogP contribution in [0.4, 0.5) is 14.0 Å². The van der Waals surface area contributed by atoms with Crippen LogP contribution < -0.4 is 4.74 Å². The van der Waals surface area contributed by atoms with Gasteiger partial charge in [-0.2, -0.15) is 0 Å². The van der Waals surface area contributed by atoms with Crippen molar-refractivity contribution in [3.8, 4) is 5.75 Å². The second-order valence-corrected chi connectivity index (χ2v) is 22.7. The Labute approximate surface area is 405 Å². The Kier molecular flexibility index (Phi) is 17.8. The molecule has 13 heteroatoms. The molecule has 2 amide bonds. The summed E-state index contributed by atoms with van der Waals surface area (Å²) in [5.41, 5.74) is 2.24. The number of hydrogen-bond acceptors (Lipinski definition) is 10. The Bertz CT molecular complexity index is 2080. The van der Waals surface area contributed by atoms with E-state index in [0.29, 0.717) is 83.7 Å². The minimum absolute atomic E-state index is 0.111. The third-order valence-electron chi connectivity index (χ3n) is 11.9. The zero-order valence-electron chi connectivity index (χ0n) is 43.0. The molecule has 0 bridgehead atoms. The van der Waals surface area contributed by atoms with Crippen LogP contribution in [-0.2, 0) is 60.9 Å². The maximum Gasteiger partial charge on any atom is 0.410 e. The average molecular weight is 944 g/mol. The standard InChI is InChI=1S/C55H78FN3O9/c1-52(2,3)65-48(60)46(42-21-24-58(35-42)50(62)67-54(7,8)9)30-37-16-14-18-40(26-37)33-57(23-20-39-28-44(56)32-45(29-39)64-13)34-41-19-15-17-38(27-41)31-47(49(61)66-53(4,5)6)43-22-25-59(36-43)51(63)68-55(10,11)12/h14-19,26-29,32,42-43,46-47H,20-25,30-31,33-36H2,1-13H3/t42-,43-,46-,47-/m0/s1. The summed E-state index contributed by atoms with van der Waals surface area (Å²) in [4.78, 5) is 59.6. The van der Waals surface area contributed by atoms with E-state index in [2.05, 4.69) is 29.2 Å². The average Bonchev–Trinajstić information content (AvgIpc) is 3.90. The molecular formula is C55H78FN3O9. The number of halogens is 1. The zero-order chi connectivity index (χ0) is 50.2. The highest BCUT2D eigenvalue weighted by Gasteiger charge is 2.41. The lowest BCUT2D eigenvalue weighted by Gasteiger charge is -2.28. The van der Waals surface area contributed by atoms with Gasteiger partial charge in [0.15, 0.2) is 0 Å². The number of likely N-dealkylation sites (tertiary alicyclic amines) is 2. The van der Waals surface area contributed by atoms with Gasteiger partial charge in [0.25, 0.3) is 0 Å². The van der Waals surface area contributed by atoms with Crippen LogP contribution in [0.1, 0.15) is 124 Å². The van der Waals surface area contributed by atoms with Crippen molar-refractivity contribution in [2.24, 2.45) is 23.7 Å². The molecule has 0 N–H and O–H groups in total. The number of esters is 2. The van der Waals surface area contributed by atoms with E-state index in [1.54, 1.807) is 9.80 Å². The lowest BCUT2D eigenvalue weighted by Crippen LogP contribution is -2.38. The van der Waals surface area contributed by atoms with E-state index in [0.717, 1.165) is 27.8 Å². The first-order valence-electron chi connectivity index (χ1n) is 24.2. The number of nitrogens with zero attached hydrogens (tertiary/aromatic N) is 3. The Hall–Kier alpha value is -5.17. The fourth-order valence-corrected chi connectivity index (χ4v) is 8.97. The summed E-state index contributed by atoms with van der Waals surface area (Å²) in [6.07, 6.45) is 1.99. The highest BCUT2D eigenvalue weighted by molar-refractivity contribution is 5.75. The molecule has 2 fully saturated rings. The molecule has 0 unspecified atom stereocenters. The van der Waals surface area contributed by atoms with E-state index in [1.165, 1.54) is 19.2 Å². The summed E-state index contributed by atoms with van der Waals surface area (Å²) in [5.74, 6) is -1.65. The molecule has 0 spiro atoms. The molecule has 5 rings (SSSR count). The van der Waals surface area contributed by atoms with Crippen molar-refractivity contribution in [3.63, 3.8) is 0 Å². The molecule has 3 aromatic carbocycles. The van der Waals surface area contributed by atoms with Gasteiger partial charge in [0.1, 0.15) is 34.0 Å². The van der Waals surface area contributed by atoms with Crippen LogP contribution in [0, 0.1) is 29.5 Å². The Morgan fingerprint density at radius 2 is 1.00 bits per heavy atom. The van der Waals surface area contributed by atoms with Crippen molar-refractivity contribution in [2.45, 2.75) is 151 Å². The van der Waals surface area contributed by atoms with E-state index in [1.807, 2.05) is 113 Å². The smallest absolute Gasteiger partial charge is 0.410 e. The van der Waals surface area contributed by atoms with Crippen molar-refractivity contribution in [2.75, 3.05) is 39.8 Å². The number of rotatable bonds is 16. The first kappa shape index (κ1) is 53.8. The number of amides is 2. The summed E-state index contributed by atoms with van der Waals surface area (Å²) in [6, 6.07) is 21.3. The second kappa shape index (κ2) is 22.5. The summed E-state index contributed by atoms with van der Waals surface area (Å²) in [6.45, 7) is 25.8. The number of methoxy groups -OCH3 is 1. The van der Waals surface area contributed by atoms with Crippen molar-refractivity contribution in [1.82, 2.24) is 14.7 Å². The Balaban J connectivity index is 1.39. The summed E-state index contributed by atoms with van der Waals surface area (Å²) in [7, 11) is 1.53. The summed E-state index contributed by atoms with van der Waals surface area (Å²) < 4.78 is 43.4. The lowest BCUT2D eigenvalue weighted by atomic mass is 9.85. The van der Waals surface area contributed by atoms with Crippen LogP contribution >= 0.6 is 0 Å². The monoisotopic (exact) mass is 944 g/mol. The SMILES string of the molecule is COc1cc(F)cc(CCN(Cc2cccc(C[C@H](C(=O)OC(C)(C)C)[C@H]3CCN(C(=O)OC(C)(C)C)C3)c2)Cc2cccc(C[C@H](C(=O)OC(C)(C)C)[C@H]3CCN(C(=O)OC(C)(C)C)C3)c2)c1. The molecule has 2 heterocycles. The first-order valence-corrected chi connectivity index (χ1v) is 24.2. The zero-order valence-corrected chi connectivity index (χ0v) is 43.0. The minimum Gasteiger partial charge on any atom is -0.497 e. The molecule has 0 aliphatic carbocycles. The van der Waals surface area contributed by atoms with Crippen molar-refractivity contribution in [1.29, 1.82) is 0 Å². The van der Waals surface area contributed by atoms with Gasteiger partial charge < -0.3 is 33.5 Å². The molecule has 3 aromatic rings. The van der Waals surface area contributed by atoms with Crippen LogP contribution in [0.5, 0.6) is 5.75 Å². The number of carbonyl (C=O) groups is 4. The number of ether oxygens (including phenoxy) is 5. The van der Waals surface area contributed by atoms with Gasteiger partial charge in [-0.25, -0.2) is 14.0 Å². The highest BCUT2D eigenvalue weighted by Crippen LogP contribution is 2.33. The molecule has 2 aliphatic heterocycles. The quantitative estimate of drug-likeness (QED) is 0.101. The van der Waals surface area contributed by atoms with Gasteiger partial charge in [-0.3, -0.25) is 14.5 Å². The molecule has 2 aliphatic rings. The first-order chi connectivity index (χ1) is 31.6. The van der Waals surface area contributed by atoms with Gasteiger partial charge in [0.05, 0.1) is 18.9 Å². The molecule has 4 atom stereocenters. The van der Waals surface area contributed by atoms with Crippen LogP contribution in [-0.4, -0.2) is 101 Å². The van der Waals surface area contributed by atoms with Crippen LogP contribution in [0.15, 0.2) is 66.7 Å². The van der Waals surface area contributed by atoms with E-state index < -0.39 is 34.2 Å². The normalized spacial score (nSPS) is 17.8. The Morgan fingerprint density at radius 3 is 1.40 bits per heavy atom. The maximum atomic E-state index is 14.7. The fourth-order valence-electron chi connectivity index (χ4n) is 8.97. The third-order valence-corrected chi connectivity index (χ3v) is 11.9. The predicted molar refractivity (Wildman–Crippen MR) is 262 cm³/mol. The number of carbonyl (C=O) groups excluding carboxylic acids is 4. The molecule has 374 valence electrons. The molecular weight excluding hydrogens is 866 g/mol. The maximum absolute atomic E-state index is 14.7. The van der Waals surface area contributed by atoms with Gasteiger partial charge in [-0.1, -0.05) is 48.5 Å². The van der Waals surface area contributed by atoms with Crippen molar-refractivity contribution >= 4 is 24.1 Å². The van der Waals surface area contributed by atoms with E-state index in [9.17, 15) is 23.6 Å². The van der Waals surface area contributed by atoms with Gasteiger partial charge in [-0.05, 0) is 167 Å². The molecule has 0 aromatic heterocycles. The molecule has 0 radical (unpaired) electrons. The van der Waals surface area contributed by atoms with E-state index in [4.69, 9.17) is 23.7 Å². The van der Waals surface area contributed by atoms with E-state index >= 15 is 0 Å². The van der Waals surface area contributed by atoms with Crippen LogP contribution in [0.3, 0.4) is 0 Å². The molecule has 2 saturated heterocycles. The topological polar surface area (TPSA) is 124 Å². The largest absolute Gasteiger partial charge is 0.497 e. The van der Waals surface area contributed by atoms with E-state index in [-0.39, 0.29) is 41.8 Å². The highest BCUT2D eigenvalue weighted by atomic mass is 19.1. The van der Waals surface area contributed by atoms with Crippen molar-refractivity contribution in [3.05, 3.63) is 100 Å². The van der Waals surface area contributed by atoms with Gasteiger partial charge in [0.2, 0.25) is 0 Å². The third kappa shape index (κ3) is 17.4. The fraction of sp³-hybridized carbons (Fsp3) is 0.600. The number of hydrogen-bond donors (Lipinski definition) is 0.